The molecule has 1 N–H and O–H groups in total. The van der Waals surface area contributed by atoms with Crippen molar-refractivity contribution in [1.82, 2.24) is 10.2 Å². The Bertz CT molecular complexity index is 727. The molecule has 21 heavy (non-hydrogen) atoms. The van der Waals surface area contributed by atoms with E-state index in [1.807, 2.05) is 30.3 Å². The molecule has 0 aliphatic rings. The highest BCUT2D eigenvalue weighted by Gasteiger charge is 2.13. The molecule has 0 aliphatic carbocycles. The van der Waals surface area contributed by atoms with Crippen LogP contribution in [0.5, 0.6) is 0 Å². The third-order valence-corrected chi connectivity index (χ3v) is 3.13. The minimum atomic E-state index is -0.788. The maximum absolute atomic E-state index is 10.4. The number of para-hydroxylation sites is 1. The molecule has 2 heterocycles. The minimum absolute atomic E-state index is 0.157. The first-order valence-corrected chi connectivity index (χ1v) is 6.75. The van der Waals surface area contributed by atoms with Crippen LogP contribution in [0.2, 0.25) is 0 Å². The molecule has 0 fully saturated rings. The van der Waals surface area contributed by atoms with Crippen LogP contribution in [0.3, 0.4) is 0 Å². The number of fused-ring (bicyclic) bond motifs is 1. The number of hydrogen-bond donors (Lipinski definition) is 1. The van der Waals surface area contributed by atoms with Gasteiger partial charge in [-0.25, -0.2) is 0 Å². The van der Waals surface area contributed by atoms with Crippen LogP contribution < -0.4 is 0 Å². The van der Waals surface area contributed by atoms with E-state index in [1.54, 1.807) is 0 Å². The fraction of sp³-hybridized carbons (Fsp3) is 0.267. The van der Waals surface area contributed by atoms with Gasteiger partial charge in [0.25, 0.3) is 5.89 Å². The second-order valence-corrected chi connectivity index (χ2v) is 4.75. The maximum atomic E-state index is 10.4. The van der Waals surface area contributed by atoms with Crippen molar-refractivity contribution in [1.29, 1.82) is 0 Å². The number of hydrogen-bond acceptors (Lipinski definition) is 5. The van der Waals surface area contributed by atoms with E-state index in [-0.39, 0.29) is 6.42 Å². The maximum Gasteiger partial charge on any atom is 0.303 e. The van der Waals surface area contributed by atoms with Gasteiger partial charge in [0.2, 0.25) is 5.89 Å². The molecule has 1 aromatic carbocycles. The first kappa shape index (κ1) is 13.4. The number of unbranched alkanes of at least 4 members (excludes halogenated alkanes) is 1. The van der Waals surface area contributed by atoms with Crippen molar-refractivity contribution in [2.24, 2.45) is 0 Å². The Hall–Kier alpha value is -2.63. The molecule has 3 aromatic rings. The molecular weight excluding hydrogens is 272 g/mol. The summed E-state index contributed by atoms with van der Waals surface area (Å²) in [4.78, 5) is 10.4. The number of rotatable bonds is 6. The predicted octanol–water partition coefficient (Wildman–Crippen LogP) is 3.28. The number of carboxylic acid groups (broad SMARTS) is 1. The van der Waals surface area contributed by atoms with Crippen molar-refractivity contribution < 1.29 is 18.7 Å². The summed E-state index contributed by atoms with van der Waals surface area (Å²) in [6.07, 6.45) is 2.02. The summed E-state index contributed by atoms with van der Waals surface area (Å²) in [7, 11) is 0. The molecule has 3 rings (SSSR count). The lowest BCUT2D eigenvalue weighted by Crippen LogP contribution is -1.95. The zero-order chi connectivity index (χ0) is 14.7. The summed E-state index contributed by atoms with van der Waals surface area (Å²) in [6, 6.07) is 9.52. The Labute approximate surface area is 120 Å². The van der Waals surface area contributed by atoms with Gasteiger partial charge in [0.1, 0.15) is 5.58 Å². The number of aliphatic carboxylic acids is 1. The van der Waals surface area contributed by atoms with Gasteiger partial charge in [0.15, 0.2) is 5.76 Å². The highest BCUT2D eigenvalue weighted by Crippen LogP contribution is 2.26. The first-order valence-electron chi connectivity index (χ1n) is 6.75. The number of benzene rings is 1. The number of nitrogens with zero attached hydrogens (tertiary/aromatic N) is 2. The second-order valence-electron chi connectivity index (χ2n) is 4.75. The molecule has 0 amide bonds. The van der Waals surface area contributed by atoms with E-state index in [1.165, 1.54) is 0 Å². The average molecular weight is 286 g/mol. The topological polar surface area (TPSA) is 89.4 Å². The van der Waals surface area contributed by atoms with Gasteiger partial charge in [-0.1, -0.05) is 18.2 Å². The zero-order valence-electron chi connectivity index (χ0n) is 11.3. The molecule has 6 heteroatoms. The van der Waals surface area contributed by atoms with E-state index in [2.05, 4.69) is 10.2 Å². The molecule has 0 spiro atoms. The van der Waals surface area contributed by atoms with Crippen molar-refractivity contribution >= 4 is 16.9 Å². The molecule has 6 nitrogen and oxygen atoms in total. The van der Waals surface area contributed by atoms with Gasteiger partial charge in [-0.3, -0.25) is 4.79 Å². The summed E-state index contributed by atoms with van der Waals surface area (Å²) in [5.41, 5.74) is 0.772. The summed E-state index contributed by atoms with van der Waals surface area (Å²) < 4.78 is 11.2. The molecule has 0 unspecified atom stereocenters. The van der Waals surface area contributed by atoms with E-state index < -0.39 is 5.97 Å². The molecule has 0 saturated carbocycles. The van der Waals surface area contributed by atoms with Gasteiger partial charge < -0.3 is 13.9 Å². The molecule has 0 saturated heterocycles. The van der Waals surface area contributed by atoms with Gasteiger partial charge in [0, 0.05) is 18.2 Å². The van der Waals surface area contributed by atoms with E-state index in [9.17, 15) is 4.79 Å². The fourth-order valence-corrected chi connectivity index (χ4v) is 2.09. The Balaban J connectivity index is 1.68. The van der Waals surface area contributed by atoms with E-state index in [0.29, 0.717) is 36.8 Å². The quantitative estimate of drug-likeness (QED) is 0.699. The standard InChI is InChI=1S/C15H14N2O4/c18-14(19)8-4-3-7-13-16-17-15(21-13)12-9-10-5-1-2-6-11(10)20-12/h1-2,5-6,9H,3-4,7-8H2,(H,18,19). The van der Waals surface area contributed by atoms with Gasteiger partial charge in [-0.15, -0.1) is 10.2 Å². The van der Waals surface area contributed by atoms with Gasteiger partial charge >= 0.3 is 5.97 Å². The molecule has 108 valence electrons. The molecule has 2 aromatic heterocycles. The van der Waals surface area contributed by atoms with Crippen LogP contribution >= 0.6 is 0 Å². The third-order valence-electron chi connectivity index (χ3n) is 3.13. The first-order chi connectivity index (χ1) is 10.2. The smallest absolute Gasteiger partial charge is 0.303 e. The number of furan rings is 1. The van der Waals surface area contributed by atoms with Crippen LogP contribution in [0.1, 0.15) is 25.2 Å². The van der Waals surface area contributed by atoms with Crippen molar-refractivity contribution in [3.05, 3.63) is 36.2 Å². The molecule has 0 bridgehead atoms. The minimum Gasteiger partial charge on any atom is -0.481 e. The fourth-order valence-electron chi connectivity index (χ4n) is 2.09. The zero-order valence-corrected chi connectivity index (χ0v) is 11.3. The Kier molecular flexibility index (Phi) is 3.68. The number of carbonyl (C=O) groups is 1. The van der Waals surface area contributed by atoms with Crippen LogP contribution in [0.15, 0.2) is 39.2 Å². The number of aromatic nitrogens is 2. The van der Waals surface area contributed by atoms with Crippen molar-refractivity contribution in [3.63, 3.8) is 0 Å². The van der Waals surface area contributed by atoms with E-state index in [0.717, 1.165) is 11.0 Å². The largest absolute Gasteiger partial charge is 0.481 e. The van der Waals surface area contributed by atoms with E-state index in [4.69, 9.17) is 13.9 Å². The lowest BCUT2D eigenvalue weighted by molar-refractivity contribution is -0.137. The highest BCUT2D eigenvalue weighted by atomic mass is 16.4. The molecule has 0 atom stereocenters. The van der Waals surface area contributed by atoms with Crippen LogP contribution in [0.25, 0.3) is 22.6 Å². The predicted molar refractivity (Wildman–Crippen MR) is 74.7 cm³/mol. The van der Waals surface area contributed by atoms with Crippen LogP contribution in [-0.2, 0) is 11.2 Å². The van der Waals surface area contributed by atoms with Gasteiger partial charge in [0.05, 0.1) is 0 Å². The number of carboxylic acids is 1. The summed E-state index contributed by atoms with van der Waals surface area (Å²) in [5.74, 6) is 0.597. The molecule has 0 radical (unpaired) electrons. The third kappa shape index (κ3) is 3.10. The lowest BCUT2D eigenvalue weighted by Gasteiger charge is -1.93. The summed E-state index contributed by atoms with van der Waals surface area (Å²) >= 11 is 0. The van der Waals surface area contributed by atoms with Gasteiger partial charge in [-0.2, -0.15) is 0 Å². The van der Waals surface area contributed by atoms with Crippen LogP contribution in [-0.4, -0.2) is 21.3 Å². The monoisotopic (exact) mass is 286 g/mol. The van der Waals surface area contributed by atoms with Crippen LogP contribution in [0.4, 0.5) is 0 Å². The normalized spacial score (nSPS) is 11.0. The second kappa shape index (κ2) is 5.78. The summed E-state index contributed by atoms with van der Waals surface area (Å²) in [6.45, 7) is 0. The summed E-state index contributed by atoms with van der Waals surface area (Å²) in [5, 5.41) is 17.5. The average Bonchev–Trinajstić information content (AvgIpc) is 3.09. The van der Waals surface area contributed by atoms with E-state index >= 15 is 0 Å². The number of aryl methyl sites for hydroxylation is 1. The van der Waals surface area contributed by atoms with Crippen molar-refractivity contribution in [2.45, 2.75) is 25.7 Å². The van der Waals surface area contributed by atoms with Gasteiger partial charge in [-0.05, 0) is 25.0 Å². The van der Waals surface area contributed by atoms with Crippen molar-refractivity contribution in [2.75, 3.05) is 0 Å². The lowest BCUT2D eigenvalue weighted by atomic mass is 10.2. The molecular formula is C15H14N2O4. The Morgan fingerprint density at radius 1 is 1.14 bits per heavy atom. The van der Waals surface area contributed by atoms with Crippen molar-refractivity contribution in [3.8, 4) is 11.7 Å². The SMILES string of the molecule is O=C(O)CCCCc1nnc(-c2cc3ccccc3o2)o1. The highest BCUT2D eigenvalue weighted by molar-refractivity contribution is 5.81. The Morgan fingerprint density at radius 3 is 2.81 bits per heavy atom. The Morgan fingerprint density at radius 2 is 2.00 bits per heavy atom. The van der Waals surface area contributed by atoms with Crippen LogP contribution in [0, 0.1) is 0 Å². The molecule has 0 aliphatic heterocycles.